The summed E-state index contributed by atoms with van der Waals surface area (Å²) in [4.78, 5) is 0. The Labute approximate surface area is 62.5 Å². The van der Waals surface area contributed by atoms with Gasteiger partial charge in [0.05, 0.1) is 12.2 Å². The molecule has 2 heteroatoms. The molecule has 10 heavy (non-hydrogen) atoms. The molecule has 1 rings (SSSR count). The minimum atomic E-state index is 0.204. The van der Waals surface area contributed by atoms with Crippen molar-refractivity contribution in [3.05, 3.63) is 0 Å². The lowest BCUT2D eigenvalue weighted by Crippen LogP contribution is -2.33. The Morgan fingerprint density at radius 2 is 1.80 bits per heavy atom. The largest absolute Gasteiger partial charge is 0.350 e. The smallest absolute Gasteiger partial charge is 0.147 e. The molecule has 2 atom stereocenters. The van der Waals surface area contributed by atoms with Gasteiger partial charge in [0.2, 0.25) is 0 Å². The van der Waals surface area contributed by atoms with Crippen LogP contribution >= 0.6 is 0 Å². The number of hydrogen-bond acceptors (Lipinski definition) is 2. The van der Waals surface area contributed by atoms with Gasteiger partial charge in [-0.3, -0.25) is 0 Å². The van der Waals surface area contributed by atoms with Crippen LogP contribution in [0.15, 0.2) is 0 Å². The first-order valence-electron chi connectivity index (χ1n) is 3.75. The molecule has 0 radical (unpaired) electrons. The lowest BCUT2D eigenvalue weighted by atomic mass is 9.86. The molecule has 0 spiro atoms. The molecule has 0 aliphatic carbocycles. The lowest BCUT2D eigenvalue weighted by molar-refractivity contribution is 0.00930. The van der Waals surface area contributed by atoms with Crippen LogP contribution in [-0.2, 0) is 9.47 Å². The second-order valence-corrected chi connectivity index (χ2v) is 3.94. The fourth-order valence-corrected chi connectivity index (χ4v) is 1.40. The third kappa shape index (κ3) is 1.50. The van der Waals surface area contributed by atoms with Gasteiger partial charge in [-0.25, -0.2) is 0 Å². The van der Waals surface area contributed by atoms with E-state index in [2.05, 4.69) is 27.7 Å². The molecule has 0 saturated carbocycles. The van der Waals surface area contributed by atoms with E-state index in [0.717, 1.165) is 0 Å². The van der Waals surface area contributed by atoms with E-state index >= 15 is 0 Å². The molecule has 1 heterocycles. The van der Waals surface area contributed by atoms with E-state index in [1.165, 1.54) is 0 Å². The summed E-state index contributed by atoms with van der Waals surface area (Å²) >= 11 is 0. The molecule has 0 aromatic rings. The zero-order valence-corrected chi connectivity index (χ0v) is 7.18. The van der Waals surface area contributed by atoms with E-state index in [9.17, 15) is 0 Å². The van der Waals surface area contributed by atoms with Crippen LogP contribution in [0.5, 0.6) is 0 Å². The molecule has 0 aromatic heterocycles. The predicted octanol–water partition coefficient (Wildman–Crippen LogP) is 1.79. The first-order valence-corrected chi connectivity index (χ1v) is 3.75. The van der Waals surface area contributed by atoms with Crippen molar-refractivity contribution in [2.24, 2.45) is 5.41 Å². The van der Waals surface area contributed by atoms with E-state index in [1.807, 2.05) is 0 Å². The monoisotopic (exact) mass is 144 g/mol. The van der Waals surface area contributed by atoms with Crippen molar-refractivity contribution in [1.82, 2.24) is 0 Å². The molecule has 0 N–H and O–H groups in total. The Kier molecular flexibility index (Phi) is 2.02. The standard InChI is InChI=1S/C8H16O2/c1-6-7(8(2,3)4)10-5-9-6/h6-7H,5H2,1-4H3. The minimum absolute atomic E-state index is 0.204. The Balaban J connectivity index is 2.55. The maximum Gasteiger partial charge on any atom is 0.147 e. The van der Waals surface area contributed by atoms with Gasteiger partial charge in [0.1, 0.15) is 6.79 Å². The van der Waals surface area contributed by atoms with E-state index in [-0.39, 0.29) is 17.6 Å². The zero-order chi connectivity index (χ0) is 7.78. The van der Waals surface area contributed by atoms with Crippen molar-refractivity contribution in [3.8, 4) is 0 Å². The first-order chi connectivity index (χ1) is 4.52. The Bertz CT molecular complexity index is 115. The van der Waals surface area contributed by atoms with Crippen LogP contribution in [0.25, 0.3) is 0 Å². The maximum atomic E-state index is 5.41. The summed E-state index contributed by atoms with van der Waals surface area (Å²) in [5.74, 6) is 0. The second kappa shape index (κ2) is 2.51. The van der Waals surface area contributed by atoms with Gasteiger partial charge in [-0.2, -0.15) is 0 Å². The maximum absolute atomic E-state index is 5.41. The first kappa shape index (κ1) is 8.02. The van der Waals surface area contributed by atoms with Gasteiger partial charge in [0.25, 0.3) is 0 Å². The summed E-state index contributed by atoms with van der Waals surface area (Å²) < 4.78 is 10.7. The fraction of sp³-hybridized carbons (Fsp3) is 1.00. The highest BCUT2D eigenvalue weighted by molar-refractivity contribution is 4.81. The van der Waals surface area contributed by atoms with Crippen LogP contribution in [0, 0.1) is 5.41 Å². The average Bonchev–Trinajstić information content (AvgIpc) is 2.11. The second-order valence-electron chi connectivity index (χ2n) is 3.94. The highest BCUT2D eigenvalue weighted by Gasteiger charge is 2.35. The summed E-state index contributed by atoms with van der Waals surface area (Å²) in [6.45, 7) is 9.03. The molecular formula is C8H16O2. The number of hydrogen-bond donors (Lipinski definition) is 0. The molecule has 0 bridgehead atoms. The Morgan fingerprint density at radius 1 is 1.20 bits per heavy atom. The normalized spacial score (nSPS) is 34.8. The van der Waals surface area contributed by atoms with Crippen LogP contribution in [0.4, 0.5) is 0 Å². The Morgan fingerprint density at radius 3 is 2.00 bits per heavy atom. The molecule has 1 aliphatic rings. The van der Waals surface area contributed by atoms with Gasteiger partial charge in [-0.05, 0) is 12.3 Å². The van der Waals surface area contributed by atoms with E-state index in [1.54, 1.807) is 0 Å². The van der Waals surface area contributed by atoms with Gasteiger partial charge in [-0.15, -0.1) is 0 Å². The molecule has 1 saturated heterocycles. The Hall–Kier alpha value is -0.0800. The predicted molar refractivity (Wildman–Crippen MR) is 39.7 cm³/mol. The van der Waals surface area contributed by atoms with Crippen molar-refractivity contribution >= 4 is 0 Å². The molecule has 0 aromatic carbocycles. The SMILES string of the molecule is CC1OCOC1C(C)(C)C. The van der Waals surface area contributed by atoms with Crippen molar-refractivity contribution in [3.63, 3.8) is 0 Å². The molecule has 60 valence electrons. The molecule has 0 amide bonds. The molecule has 2 unspecified atom stereocenters. The van der Waals surface area contributed by atoms with E-state index in [0.29, 0.717) is 6.79 Å². The average molecular weight is 144 g/mol. The molecule has 1 fully saturated rings. The highest BCUT2D eigenvalue weighted by atomic mass is 16.7. The topological polar surface area (TPSA) is 18.5 Å². The van der Waals surface area contributed by atoms with Gasteiger partial charge in [-0.1, -0.05) is 20.8 Å². The van der Waals surface area contributed by atoms with Crippen molar-refractivity contribution < 1.29 is 9.47 Å². The van der Waals surface area contributed by atoms with Gasteiger partial charge in [0, 0.05) is 0 Å². The summed E-state index contributed by atoms with van der Waals surface area (Å²) in [7, 11) is 0. The van der Waals surface area contributed by atoms with Crippen LogP contribution in [-0.4, -0.2) is 19.0 Å². The number of ether oxygens (including phenoxy) is 2. The van der Waals surface area contributed by atoms with E-state index < -0.39 is 0 Å². The fourth-order valence-electron chi connectivity index (χ4n) is 1.40. The summed E-state index contributed by atoms with van der Waals surface area (Å²) in [6.07, 6.45) is 0.507. The van der Waals surface area contributed by atoms with Crippen LogP contribution in [0.1, 0.15) is 27.7 Å². The third-order valence-electron chi connectivity index (χ3n) is 1.86. The quantitative estimate of drug-likeness (QED) is 0.516. The summed E-state index contributed by atoms with van der Waals surface area (Å²) in [6, 6.07) is 0. The zero-order valence-electron chi connectivity index (χ0n) is 7.18. The van der Waals surface area contributed by atoms with Gasteiger partial charge in [0.15, 0.2) is 0 Å². The van der Waals surface area contributed by atoms with Gasteiger partial charge >= 0.3 is 0 Å². The van der Waals surface area contributed by atoms with Crippen LogP contribution in [0.3, 0.4) is 0 Å². The molecule has 1 aliphatic heterocycles. The molecular weight excluding hydrogens is 128 g/mol. The number of rotatable bonds is 0. The minimum Gasteiger partial charge on any atom is -0.350 e. The van der Waals surface area contributed by atoms with E-state index in [4.69, 9.17) is 9.47 Å². The third-order valence-corrected chi connectivity index (χ3v) is 1.86. The molecule has 2 nitrogen and oxygen atoms in total. The highest BCUT2D eigenvalue weighted by Crippen LogP contribution is 2.29. The van der Waals surface area contributed by atoms with Crippen LogP contribution < -0.4 is 0 Å². The summed E-state index contributed by atoms with van der Waals surface area (Å²) in [5.41, 5.74) is 0.204. The summed E-state index contributed by atoms with van der Waals surface area (Å²) in [5, 5.41) is 0. The van der Waals surface area contributed by atoms with Crippen molar-refractivity contribution in [2.75, 3.05) is 6.79 Å². The lowest BCUT2D eigenvalue weighted by Gasteiger charge is -2.27. The van der Waals surface area contributed by atoms with Crippen molar-refractivity contribution in [1.29, 1.82) is 0 Å². The van der Waals surface area contributed by atoms with Crippen LogP contribution in [0.2, 0.25) is 0 Å². The van der Waals surface area contributed by atoms with Crippen molar-refractivity contribution in [2.45, 2.75) is 39.9 Å². The van der Waals surface area contributed by atoms with Gasteiger partial charge < -0.3 is 9.47 Å².